The second-order valence-electron chi connectivity index (χ2n) is 5.68. The number of nitrogens with two attached hydrogens (primary N) is 1. The van der Waals surface area contributed by atoms with Crippen LogP contribution in [0.1, 0.15) is 19.3 Å². The van der Waals surface area contributed by atoms with E-state index < -0.39 is 0 Å². The molecule has 0 bridgehead atoms. The molecule has 1 aromatic heterocycles. The van der Waals surface area contributed by atoms with E-state index in [4.69, 9.17) is 15.2 Å². The van der Waals surface area contributed by atoms with Gasteiger partial charge in [0.2, 0.25) is 0 Å². The van der Waals surface area contributed by atoms with Crippen LogP contribution in [-0.4, -0.2) is 18.2 Å². The summed E-state index contributed by atoms with van der Waals surface area (Å²) < 4.78 is 11.5. The third kappa shape index (κ3) is 5.84. The summed E-state index contributed by atoms with van der Waals surface area (Å²) in [4.78, 5) is 4.31. The zero-order chi connectivity index (χ0) is 16.6. The largest absolute Gasteiger partial charge is 0.494 e. The lowest BCUT2D eigenvalue weighted by atomic mass is 10.2. The predicted molar refractivity (Wildman–Crippen MR) is 105 cm³/mol. The van der Waals surface area contributed by atoms with Crippen molar-refractivity contribution >= 4 is 29.0 Å². The number of nitrogens with zero attached hydrogens (tertiary/aromatic N) is 1. The zero-order valence-electron chi connectivity index (χ0n) is 14.1. The quantitative estimate of drug-likeness (QED) is 0.461. The van der Waals surface area contributed by atoms with E-state index in [-0.39, 0.29) is 12.4 Å². The molecule has 0 aliphatic heterocycles. The molecule has 0 radical (unpaired) electrons. The van der Waals surface area contributed by atoms with E-state index in [1.54, 1.807) is 6.20 Å². The average Bonchev–Trinajstić information content (AvgIpc) is 2.62. The fourth-order valence-corrected chi connectivity index (χ4v) is 2.47. The summed E-state index contributed by atoms with van der Waals surface area (Å²) in [6.45, 7) is 1.43. The van der Waals surface area contributed by atoms with Gasteiger partial charge in [0.05, 0.1) is 18.7 Å². The number of rotatable bonds is 8. The molecular formula is C20H23ClN2O2. The van der Waals surface area contributed by atoms with Gasteiger partial charge in [-0.3, -0.25) is 4.98 Å². The van der Waals surface area contributed by atoms with Gasteiger partial charge in [0, 0.05) is 17.3 Å². The maximum absolute atomic E-state index is 5.81. The van der Waals surface area contributed by atoms with Crippen LogP contribution in [0.5, 0.6) is 11.5 Å². The van der Waals surface area contributed by atoms with Gasteiger partial charge in [-0.2, -0.15) is 0 Å². The number of hydrogen-bond acceptors (Lipinski definition) is 4. The number of unbranched alkanes of at least 4 members (excludes halogenated alkanes) is 2. The Morgan fingerprint density at radius 2 is 1.48 bits per heavy atom. The van der Waals surface area contributed by atoms with E-state index in [9.17, 15) is 0 Å². The third-order valence-corrected chi connectivity index (χ3v) is 3.78. The molecule has 0 amide bonds. The Balaban J connectivity index is 0.00000225. The van der Waals surface area contributed by atoms with E-state index in [1.165, 1.54) is 0 Å². The van der Waals surface area contributed by atoms with Crippen molar-refractivity contribution in [2.45, 2.75) is 19.3 Å². The van der Waals surface area contributed by atoms with Crippen LogP contribution in [0.2, 0.25) is 0 Å². The lowest BCUT2D eigenvalue weighted by Gasteiger charge is -2.08. The Bertz CT molecular complexity index is 778. The summed E-state index contributed by atoms with van der Waals surface area (Å²) in [5.74, 6) is 1.76. The highest BCUT2D eigenvalue weighted by molar-refractivity contribution is 5.85. The summed E-state index contributed by atoms with van der Waals surface area (Å²) in [7, 11) is 0. The summed E-state index contributed by atoms with van der Waals surface area (Å²) >= 11 is 0. The summed E-state index contributed by atoms with van der Waals surface area (Å²) in [5, 5.41) is 1.10. The minimum Gasteiger partial charge on any atom is -0.494 e. The van der Waals surface area contributed by atoms with Crippen LogP contribution in [-0.2, 0) is 0 Å². The van der Waals surface area contributed by atoms with Crippen molar-refractivity contribution in [1.29, 1.82) is 0 Å². The summed E-state index contributed by atoms with van der Waals surface area (Å²) in [6.07, 6.45) is 4.89. The summed E-state index contributed by atoms with van der Waals surface area (Å²) in [5.41, 5.74) is 7.39. The number of pyridine rings is 1. The number of nitrogen functional groups attached to an aromatic ring is 1. The molecule has 0 aliphatic rings. The van der Waals surface area contributed by atoms with Crippen molar-refractivity contribution < 1.29 is 9.47 Å². The molecule has 4 nitrogen and oxygen atoms in total. The number of aromatic nitrogens is 1. The Morgan fingerprint density at radius 1 is 0.800 bits per heavy atom. The fourth-order valence-electron chi connectivity index (χ4n) is 2.47. The van der Waals surface area contributed by atoms with E-state index in [0.717, 1.165) is 47.4 Å². The molecule has 0 fully saturated rings. The maximum Gasteiger partial charge on any atom is 0.120 e. The van der Waals surface area contributed by atoms with E-state index in [0.29, 0.717) is 13.2 Å². The van der Waals surface area contributed by atoms with Crippen molar-refractivity contribution in [3.8, 4) is 11.5 Å². The minimum absolute atomic E-state index is 0. The van der Waals surface area contributed by atoms with Crippen LogP contribution < -0.4 is 15.2 Å². The highest BCUT2D eigenvalue weighted by Crippen LogP contribution is 2.19. The number of benzene rings is 2. The van der Waals surface area contributed by atoms with Gasteiger partial charge in [-0.05, 0) is 67.8 Å². The van der Waals surface area contributed by atoms with Gasteiger partial charge < -0.3 is 15.2 Å². The van der Waals surface area contributed by atoms with Crippen LogP contribution in [0.4, 0.5) is 5.69 Å². The predicted octanol–water partition coefficient (Wildman–Crippen LogP) is 4.87. The zero-order valence-corrected chi connectivity index (χ0v) is 14.9. The maximum atomic E-state index is 5.81. The first-order valence-electron chi connectivity index (χ1n) is 8.27. The summed E-state index contributed by atoms with van der Waals surface area (Å²) in [6, 6.07) is 17.5. The molecule has 0 unspecified atom stereocenters. The third-order valence-electron chi connectivity index (χ3n) is 3.78. The topological polar surface area (TPSA) is 57.4 Å². The molecule has 0 saturated heterocycles. The van der Waals surface area contributed by atoms with Gasteiger partial charge in [-0.15, -0.1) is 12.4 Å². The molecule has 0 aliphatic carbocycles. The van der Waals surface area contributed by atoms with Crippen molar-refractivity contribution in [2.24, 2.45) is 0 Å². The Hall–Kier alpha value is -2.46. The van der Waals surface area contributed by atoms with Crippen molar-refractivity contribution in [3.05, 3.63) is 60.8 Å². The van der Waals surface area contributed by atoms with E-state index >= 15 is 0 Å². The molecule has 0 atom stereocenters. The van der Waals surface area contributed by atoms with Crippen LogP contribution in [0, 0.1) is 0 Å². The number of ether oxygens (including phenoxy) is 2. The number of hydrogen-bond donors (Lipinski definition) is 1. The normalized spacial score (nSPS) is 10.2. The average molecular weight is 359 g/mol. The molecule has 0 saturated carbocycles. The first-order chi connectivity index (χ1) is 11.8. The van der Waals surface area contributed by atoms with E-state index in [1.807, 2.05) is 54.6 Å². The molecule has 2 aromatic carbocycles. The van der Waals surface area contributed by atoms with Gasteiger partial charge in [0.1, 0.15) is 11.5 Å². The van der Waals surface area contributed by atoms with Gasteiger partial charge in [-0.25, -0.2) is 0 Å². The second-order valence-corrected chi connectivity index (χ2v) is 5.68. The SMILES string of the molecule is Cl.Nc1ccc(OCCCCCOc2ccc3ncccc3c2)cc1. The van der Waals surface area contributed by atoms with Crippen molar-refractivity contribution in [1.82, 2.24) is 4.98 Å². The molecule has 3 rings (SSSR count). The standard InChI is InChI=1S/C20H22N2O2.ClH/c21-17-6-8-18(9-7-17)23-13-2-1-3-14-24-19-10-11-20-16(15-19)5-4-12-22-20;/h4-12,15H,1-3,13-14,21H2;1H. The van der Waals surface area contributed by atoms with Gasteiger partial charge in [0.15, 0.2) is 0 Å². The number of anilines is 1. The van der Waals surface area contributed by atoms with Crippen molar-refractivity contribution in [3.63, 3.8) is 0 Å². The molecule has 25 heavy (non-hydrogen) atoms. The molecule has 1 heterocycles. The van der Waals surface area contributed by atoms with Crippen molar-refractivity contribution in [2.75, 3.05) is 18.9 Å². The minimum atomic E-state index is 0. The van der Waals surface area contributed by atoms with Gasteiger partial charge >= 0.3 is 0 Å². The molecule has 0 spiro atoms. The lowest BCUT2D eigenvalue weighted by Crippen LogP contribution is -2.01. The van der Waals surface area contributed by atoms with Crippen LogP contribution in [0.15, 0.2) is 60.8 Å². The molecular weight excluding hydrogens is 336 g/mol. The first-order valence-corrected chi connectivity index (χ1v) is 8.27. The first kappa shape index (κ1) is 18.9. The Morgan fingerprint density at radius 3 is 2.24 bits per heavy atom. The Kier molecular flexibility index (Phi) is 7.36. The van der Waals surface area contributed by atoms with E-state index in [2.05, 4.69) is 4.98 Å². The smallest absolute Gasteiger partial charge is 0.120 e. The van der Waals surface area contributed by atoms with Gasteiger partial charge in [-0.1, -0.05) is 6.07 Å². The second kappa shape index (κ2) is 9.74. The van der Waals surface area contributed by atoms with Crippen LogP contribution in [0.3, 0.4) is 0 Å². The molecule has 5 heteroatoms. The molecule has 132 valence electrons. The Labute approximate surface area is 154 Å². The lowest BCUT2D eigenvalue weighted by molar-refractivity contribution is 0.279. The van der Waals surface area contributed by atoms with Crippen LogP contribution in [0.25, 0.3) is 10.9 Å². The highest BCUT2D eigenvalue weighted by atomic mass is 35.5. The monoisotopic (exact) mass is 358 g/mol. The van der Waals surface area contributed by atoms with Crippen LogP contribution >= 0.6 is 12.4 Å². The molecule has 3 aromatic rings. The molecule has 2 N–H and O–H groups in total. The number of fused-ring (bicyclic) bond motifs is 1. The number of halogens is 1. The fraction of sp³-hybridized carbons (Fsp3) is 0.250. The highest BCUT2D eigenvalue weighted by Gasteiger charge is 1.98. The van der Waals surface area contributed by atoms with Gasteiger partial charge in [0.25, 0.3) is 0 Å².